The summed E-state index contributed by atoms with van der Waals surface area (Å²) in [6.07, 6.45) is 5.83. The van der Waals surface area contributed by atoms with Crippen LogP contribution in [0.25, 0.3) is 0 Å². The molecule has 90 valence electrons. The summed E-state index contributed by atoms with van der Waals surface area (Å²) in [5, 5.41) is 3.36. The molecule has 0 saturated heterocycles. The van der Waals surface area contributed by atoms with E-state index in [2.05, 4.69) is 39.2 Å². The summed E-state index contributed by atoms with van der Waals surface area (Å²) >= 11 is 3.40. The van der Waals surface area contributed by atoms with Crippen molar-refractivity contribution in [3.63, 3.8) is 0 Å². The predicted molar refractivity (Wildman–Crippen MR) is 69.4 cm³/mol. The van der Waals surface area contributed by atoms with Crippen molar-refractivity contribution in [2.45, 2.75) is 26.3 Å². The highest BCUT2D eigenvalue weighted by molar-refractivity contribution is 9.10. The van der Waals surface area contributed by atoms with Gasteiger partial charge < -0.3 is 10.1 Å². The van der Waals surface area contributed by atoms with Crippen LogP contribution in [0.15, 0.2) is 22.9 Å². The zero-order chi connectivity index (χ0) is 11.6. The summed E-state index contributed by atoms with van der Waals surface area (Å²) in [6, 6.07) is 2.08. The topological polar surface area (TPSA) is 34.1 Å². The van der Waals surface area contributed by atoms with Gasteiger partial charge >= 0.3 is 0 Å². The zero-order valence-corrected chi connectivity index (χ0v) is 11.3. The molecule has 1 aromatic heterocycles. The molecule has 1 rings (SSSR count). The van der Waals surface area contributed by atoms with Crippen LogP contribution in [0.3, 0.4) is 0 Å². The summed E-state index contributed by atoms with van der Waals surface area (Å²) in [5.41, 5.74) is 1.20. The molecule has 0 bridgehead atoms. The van der Waals surface area contributed by atoms with Gasteiger partial charge in [-0.2, -0.15) is 0 Å². The molecule has 1 heterocycles. The van der Waals surface area contributed by atoms with E-state index in [1.807, 2.05) is 6.20 Å². The van der Waals surface area contributed by atoms with E-state index in [1.54, 1.807) is 6.20 Å². The smallest absolute Gasteiger partial charge is 0.0478 e. The number of nitrogens with one attached hydrogen (secondary N) is 1. The fraction of sp³-hybridized carbons (Fsp3) is 0.583. The van der Waals surface area contributed by atoms with Crippen molar-refractivity contribution < 1.29 is 4.74 Å². The molecule has 0 amide bonds. The molecule has 0 aliphatic carbocycles. The number of pyridine rings is 1. The Morgan fingerprint density at radius 2 is 2.25 bits per heavy atom. The molecule has 4 heteroatoms. The van der Waals surface area contributed by atoms with E-state index < -0.39 is 0 Å². The summed E-state index contributed by atoms with van der Waals surface area (Å²) in [4.78, 5) is 4.11. The van der Waals surface area contributed by atoms with Crippen LogP contribution < -0.4 is 5.32 Å². The van der Waals surface area contributed by atoms with E-state index in [9.17, 15) is 0 Å². The fourth-order valence-electron chi connectivity index (χ4n) is 1.33. The molecule has 0 aliphatic rings. The molecule has 0 radical (unpaired) electrons. The number of ether oxygens (including phenoxy) is 1. The van der Waals surface area contributed by atoms with Gasteiger partial charge in [-0.15, -0.1) is 0 Å². The third-order valence-corrected chi connectivity index (χ3v) is 2.51. The Morgan fingerprint density at radius 3 is 3.00 bits per heavy atom. The van der Waals surface area contributed by atoms with Crippen molar-refractivity contribution in [2.24, 2.45) is 0 Å². The van der Waals surface area contributed by atoms with E-state index in [0.29, 0.717) is 0 Å². The zero-order valence-electron chi connectivity index (χ0n) is 9.71. The number of hydrogen-bond acceptors (Lipinski definition) is 3. The second kappa shape index (κ2) is 8.67. The first-order valence-electron chi connectivity index (χ1n) is 5.71. The van der Waals surface area contributed by atoms with Gasteiger partial charge in [-0.1, -0.05) is 6.92 Å². The second-order valence-electron chi connectivity index (χ2n) is 3.65. The van der Waals surface area contributed by atoms with Crippen LogP contribution in [-0.2, 0) is 11.3 Å². The lowest BCUT2D eigenvalue weighted by atomic mass is 10.3. The number of hydrogen-bond donors (Lipinski definition) is 1. The van der Waals surface area contributed by atoms with Crippen molar-refractivity contribution >= 4 is 15.9 Å². The van der Waals surface area contributed by atoms with Crippen LogP contribution in [0.5, 0.6) is 0 Å². The first-order valence-corrected chi connectivity index (χ1v) is 6.50. The third-order valence-electron chi connectivity index (χ3n) is 2.08. The highest BCUT2D eigenvalue weighted by Crippen LogP contribution is 2.08. The number of halogens is 1. The van der Waals surface area contributed by atoms with Gasteiger partial charge in [0.1, 0.15) is 0 Å². The third kappa shape index (κ3) is 6.20. The van der Waals surface area contributed by atoms with Crippen LogP contribution in [0.2, 0.25) is 0 Å². The van der Waals surface area contributed by atoms with Crippen LogP contribution in [-0.4, -0.2) is 24.7 Å². The quantitative estimate of drug-likeness (QED) is 0.747. The molecule has 16 heavy (non-hydrogen) atoms. The summed E-state index contributed by atoms with van der Waals surface area (Å²) in [7, 11) is 0. The van der Waals surface area contributed by atoms with Crippen LogP contribution in [0.4, 0.5) is 0 Å². The summed E-state index contributed by atoms with van der Waals surface area (Å²) < 4.78 is 6.42. The Morgan fingerprint density at radius 1 is 1.38 bits per heavy atom. The Kier molecular flexibility index (Phi) is 7.38. The van der Waals surface area contributed by atoms with Crippen LogP contribution in [0, 0.1) is 0 Å². The lowest BCUT2D eigenvalue weighted by molar-refractivity contribution is 0.132. The average Bonchev–Trinajstić information content (AvgIpc) is 2.28. The lowest BCUT2D eigenvalue weighted by Crippen LogP contribution is -2.16. The monoisotopic (exact) mass is 286 g/mol. The summed E-state index contributed by atoms with van der Waals surface area (Å²) in [6.45, 7) is 5.68. The number of aromatic nitrogens is 1. The van der Waals surface area contributed by atoms with Gasteiger partial charge in [0.25, 0.3) is 0 Å². The van der Waals surface area contributed by atoms with Gasteiger partial charge in [-0.25, -0.2) is 0 Å². The fourth-order valence-corrected chi connectivity index (χ4v) is 1.74. The van der Waals surface area contributed by atoms with Crippen molar-refractivity contribution in [2.75, 3.05) is 19.8 Å². The van der Waals surface area contributed by atoms with Gasteiger partial charge in [0.2, 0.25) is 0 Å². The Bertz CT molecular complexity index is 294. The standard InChI is InChI=1S/C12H19BrN2O/c1-2-5-16-6-3-4-14-8-11-7-12(13)10-15-9-11/h7,9-10,14H,2-6,8H2,1H3. The minimum Gasteiger partial charge on any atom is -0.381 e. The maximum absolute atomic E-state index is 5.39. The number of nitrogens with zero attached hydrogens (tertiary/aromatic N) is 1. The first-order chi connectivity index (χ1) is 7.83. The van der Waals surface area contributed by atoms with Gasteiger partial charge in [0.05, 0.1) is 0 Å². The first kappa shape index (κ1) is 13.6. The molecule has 3 nitrogen and oxygen atoms in total. The van der Waals surface area contributed by atoms with E-state index in [-0.39, 0.29) is 0 Å². The molecular weight excluding hydrogens is 268 g/mol. The molecule has 0 saturated carbocycles. The van der Waals surface area contributed by atoms with Gasteiger partial charge in [0, 0.05) is 36.6 Å². The van der Waals surface area contributed by atoms with Crippen molar-refractivity contribution in [1.29, 1.82) is 0 Å². The maximum Gasteiger partial charge on any atom is 0.0478 e. The minimum absolute atomic E-state index is 0.845. The van der Waals surface area contributed by atoms with Crippen molar-refractivity contribution in [1.82, 2.24) is 10.3 Å². The van der Waals surface area contributed by atoms with E-state index in [1.165, 1.54) is 5.56 Å². The molecule has 1 N–H and O–H groups in total. The Labute approximate surface area is 106 Å². The van der Waals surface area contributed by atoms with Crippen molar-refractivity contribution in [3.8, 4) is 0 Å². The second-order valence-corrected chi connectivity index (χ2v) is 4.57. The molecule has 0 spiro atoms. The van der Waals surface area contributed by atoms with Gasteiger partial charge in [-0.3, -0.25) is 4.98 Å². The molecule has 0 aromatic carbocycles. The molecule has 0 fully saturated rings. The molecular formula is C12H19BrN2O. The Hall–Kier alpha value is -0.450. The number of rotatable bonds is 8. The highest BCUT2D eigenvalue weighted by Gasteiger charge is 1.94. The highest BCUT2D eigenvalue weighted by atomic mass is 79.9. The van der Waals surface area contributed by atoms with Crippen LogP contribution >= 0.6 is 15.9 Å². The minimum atomic E-state index is 0.845. The molecule has 1 aromatic rings. The molecule has 0 aliphatic heterocycles. The SMILES string of the molecule is CCCOCCCNCc1cncc(Br)c1. The largest absolute Gasteiger partial charge is 0.381 e. The van der Waals surface area contributed by atoms with Crippen LogP contribution in [0.1, 0.15) is 25.3 Å². The predicted octanol–water partition coefficient (Wildman–Crippen LogP) is 2.75. The lowest BCUT2D eigenvalue weighted by Gasteiger charge is -2.05. The Balaban J connectivity index is 2.03. The summed E-state index contributed by atoms with van der Waals surface area (Å²) in [5.74, 6) is 0. The van der Waals surface area contributed by atoms with Gasteiger partial charge in [-0.05, 0) is 46.9 Å². The van der Waals surface area contributed by atoms with Crippen molar-refractivity contribution in [3.05, 3.63) is 28.5 Å². The molecule has 0 atom stereocenters. The maximum atomic E-state index is 5.39. The van der Waals surface area contributed by atoms with E-state index >= 15 is 0 Å². The average molecular weight is 287 g/mol. The van der Waals surface area contributed by atoms with E-state index in [4.69, 9.17) is 4.74 Å². The molecule has 0 unspecified atom stereocenters. The van der Waals surface area contributed by atoms with E-state index in [0.717, 1.165) is 43.6 Å². The normalized spacial score (nSPS) is 10.6. The van der Waals surface area contributed by atoms with Gasteiger partial charge in [0.15, 0.2) is 0 Å².